The van der Waals surface area contributed by atoms with Gasteiger partial charge in [0.1, 0.15) is 0 Å². The summed E-state index contributed by atoms with van der Waals surface area (Å²) in [5, 5.41) is 0. The Bertz CT molecular complexity index is 366. The van der Waals surface area contributed by atoms with Crippen molar-refractivity contribution in [3.63, 3.8) is 0 Å². The van der Waals surface area contributed by atoms with E-state index in [1.54, 1.807) is 0 Å². The molecule has 0 aliphatic carbocycles. The van der Waals surface area contributed by atoms with Crippen LogP contribution in [-0.2, 0) is 4.79 Å². The summed E-state index contributed by atoms with van der Waals surface area (Å²) in [6.07, 6.45) is 0.943. The molecule has 100 valence electrons. The maximum atomic E-state index is 11.3. The second kappa shape index (κ2) is 7.17. The lowest BCUT2D eigenvalue weighted by Crippen LogP contribution is -2.35. The fourth-order valence-corrected chi connectivity index (χ4v) is 2.26. The van der Waals surface area contributed by atoms with Gasteiger partial charge in [-0.2, -0.15) is 0 Å². The summed E-state index contributed by atoms with van der Waals surface area (Å²) < 4.78 is 0. The minimum atomic E-state index is 0.747. The zero-order valence-electron chi connectivity index (χ0n) is 11.9. The standard InChI is InChI=1S/C15H24N2O/c1-5-16(6-2)10-11-17(12-18)15-13(3)8-7-9-14(15)4/h7-9,12H,5-6,10-11H2,1-4H3. The second-order valence-electron chi connectivity index (χ2n) is 4.57. The summed E-state index contributed by atoms with van der Waals surface area (Å²) >= 11 is 0. The fourth-order valence-electron chi connectivity index (χ4n) is 2.26. The van der Waals surface area contributed by atoms with Gasteiger partial charge in [0.25, 0.3) is 0 Å². The number of carbonyl (C=O) groups is 1. The number of carbonyl (C=O) groups excluding carboxylic acids is 1. The Morgan fingerprint density at radius 1 is 1.06 bits per heavy atom. The molecule has 18 heavy (non-hydrogen) atoms. The van der Waals surface area contributed by atoms with E-state index in [0.29, 0.717) is 0 Å². The second-order valence-corrected chi connectivity index (χ2v) is 4.57. The van der Waals surface area contributed by atoms with Crippen LogP contribution >= 0.6 is 0 Å². The topological polar surface area (TPSA) is 23.6 Å². The number of likely N-dealkylation sites (N-methyl/N-ethyl adjacent to an activating group) is 1. The average Bonchev–Trinajstić information content (AvgIpc) is 2.37. The first-order valence-electron chi connectivity index (χ1n) is 6.64. The van der Waals surface area contributed by atoms with Crippen LogP contribution in [0.15, 0.2) is 18.2 Å². The minimum Gasteiger partial charge on any atom is -0.313 e. The van der Waals surface area contributed by atoms with Crippen LogP contribution in [0.1, 0.15) is 25.0 Å². The van der Waals surface area contributed by atoms with Crippen molar-refractivity contribution in [1.82, 2.24) is 4.90 Å². The van der Waals surface area contributed by atoms with E-state index in [-0.39, 0.29) is 0 Å². The lowest BCUT2D eigenvalue weighted by molar-refractivity contribution is -0.107. The van der Waals surface area contributed by atoms with E-state index >= 15 is 0 Å². The summed E-state index contributed by atoms with van der Waals surface area (Å²) in [5.74, 6) is 0. The molecule has 0 bridgehead atoms. The number of hydrogen-bond donors (Lipinski definition) is 0. The molecule has 1 amide bonds. The van der Waals surface area contributed by atoms with Gasteiger partial charge in [-0.15, -0.1) is 0 Å². The number of amides is 1. The van der Waals surface area contributed by atoms with Gasteiger partial charge in [0.15, 0.2) is 0 Å². The number of anilines is 1. The van der Waals surface area contributed by atoms with Gasteiger partial charge in [-0.3, -0.25) is 4.79 Å². The van der Waals surface area contributed by atoms with Gasteiger partial charge in [0.05, 0.1) is 0 Å². The Labute approximate surface area is 110 Å². The number of para-hydroxylation sites is 1. The van der Waals surface area contributed by atoms with Crippen LogP contribution in [0.5, 0.6) is 0 Å². The molecule has 0 aliphatic heterocycles. The van der Waals surface area contributed by atoms with Crippen LogP contribution in [0, 0.1) is 13.8 Å². The number of benzene rings is 1. The molecule has 1 rings (SSSR count). The quantitative estimate of drug-likeness (QED) is 0.692. The molecule has 0 aliphatic rings. The molecular formula is C15H24N2O. The Hall–Kier alpha value is -1.35. The summed E-state index contributed by atoms with van der Waals surface area (Å²) in [7, 11) is 0. The first-order chi connectivity index (χ1) is 8.63. The monoisotopic (exact) mass is 248 g/mol. The highest BCUT2D eigenvalue weighted by Crippen LogP contribution is 2.23. The third kappa shape index (κ3) is 3.57. The van der Waals surface area contributed by atoms with Crippen LogP contribution in [-0.4, -0.2) is 37.5 Å². The Balaban J connectivity index is 2.80. The maximum Gasteiger partial charge on any atom is 0.214 e. The van der Waals surface area contributed by atoms with Crippen molar-refractivity contribution < 1.29 is 4.79 Å². The van der Waals surface area contributed by atoms with E-state index in [1.807, 2.05) is 11.0 Å². The van der Waals surface area contributed by atoms with Crippen molar-refractivity contribution in [3.05, 3.63) is 29.3 Å². The first kappa shape index (κ1) is 14.7. The molecule has 0 radical (unpaired) electrons. The maximum absolute atomic E-state index is 11.3. The summed E-state index contributed by atoms with van der Waals surface area (Å²) in [6.45, 7) is 12.1. The van der Waals surface area contributed by atoms with Gasteiger partial charge < -0.3 is 9.80 Å². The van der Waals surface area contributed by atoms with Crippen LogP contribution in [0.25, 0.3) is 0 Å². The molecule has 0 saturated carbocycles. The van der Waals surface area contributed by atoms with E-state index in [2.05, 4.69) is 44.7 Å². The molecule has 0 fully saturated rings. The Morgan fingerprint density at radius 3 is 2.06 bits per heavy atom. The summed E-state index contributed by atoms with van der Waals surface area (Å²) in [4.78, 5) is 15.5. The minimum absolute atomic E-state index is 0.747. The molecule has 1 aromatic rings. The van der Waals surface area contributed by atoms with Crippen molar-refractivity contribution >= 4 is 12.1 Å². The van der Waals surface area contributed by atoms with Crippen molar-refractivity contribution in [2.75, 3.05) is 31.1 Å². The lowest BCUT2D eigenvalue weighted by Gasteiger charge is -2.25. The number of rotatable bonds is 7. The number of aryl methyl sites for hydroxylation is 2. The first-order valence-corrected chi connectivity index (χ1v) is 6.64. The van der Waals surface area contributed by atoms with Crippen molar-refractivity contribution in [2.24, 2.45) is 0 Å². The fraction of sp³-hybridized carbons (Fsp3) is 0.533. The normalized spacial score (nSPS) is 10.7. The van der Waals surface area contributed by atoms with Gasteiger partial charge in [-0.05, 0) is 38.1 Å². The third-order valence-corrected chi connectivity index (χ3v) is 3.41. The smallest absolute Gasteiger partial charge is 0.214 e. The summed E-state index contributed by atoms with van der Waals surface area (Å²) in [6, 6.07) is 6.13. The van der Waals surface area contributed by atoms with Crippen molar-refractivity contribution in [3.8, 4) is 0 Å². The van der Waals surface area contributed by atoms with Crippen LogP contribution in [0.4, 0.5) is 5.69 Å². The molecule has 3 heteroatoms. The van der Waals surface area contributed by atoms with E-state index in [4.69, 9.17) is 0 Å². The zero-order chi connectivity index (χ0) is 13.5. The van der Waals surface area contributed by atoms with Gasteiger partial charge >= 0.3 is 0 Å². The molecule has 0 heterocycles. The third-order valence-electron chi connectivity index (χ3n) is 3.41. The molecule has 0 aromatic heterocycles. The highest BCUT2D eigenvalue weighted by atomic mass is 16.1. The van der Waals surface area contributed by atoms with Gasteiger partial charge in [-0.1, -0.05) is 32.0 Å². The van der Waals surface area contributed by atoms with E-state index in [0.717, 1.165) is 49.4 Å². The van der Waals surface area contributed by atoms with Crippen molar-refractivity contribution in [1.29, 1.82) is 0 Å². The Morgan fingerprint density at radius 2 is 1.61 bits per heavy atom. The van der Waals surface area contributed by atoms with Gasteiger partial charge in [0, 0.05) is 18.8 Å². The van der Waals surface area contributed by atoms with Crippen molar-refractivity contribution in [2.45, 2.75) is 27.7 Å². The summed E-state index contributed by atoms with van der Waals surface area (Å²) in [5.41, 5.74) is 3.36. The Kier molecular flexibility index (Phi) is 5.86. The predicted octanol–water partition coefficient (Wildman–Crippen LogP) is 2.61. The van der Waals surface area contributed by atoms with Crippen LogP contribution in [0.3, 0.4) is 0 Å². The molecule has 0 spiro atoms. The SMILES string of the molecule is CCN(CC)CCN(C=O)c1c(C)cccc1C. The highest BCUT2D eigenvalue weighted by Gasteiger charge is 2.11. The average molecular weight is 248 g/mol. The van der Waals surface area contributed by atoms with E-state index in [1.165, 1.54) is 0 Å². The predicted molar refractivity (Wildman–Crippen MR) is 77.1 cm³/mol. The molecular weight excluding hydrogens is 224 g/mol. The number of hydrogen-bond acceptors (Lipinski definition) is 2. The molecule has 0 N–H and O–H groups in total. The van der Waals surface area contributed by atoms with Gasteiger partial charge in [-0.25, -0.2) is 0 Å². The molecule has 0 saturated heterocycles. The van der Waals surface area contributed by atoms with E-state index < -0.39 is 0 Å². The van der Waals surface area contributed by atoms with E-state index in [9.17, 15) is 4.79 Å². The number of nitrogens with zero attached hydrogens (tertiary/aromatic N) is 2. The van der Waals surface area contributed by atoms with Gasteiger partial charge in [0.2, 0.25) is 6.41 Å². The largest absolute Gasteiger partial charge is 0.313 e. The van der Waals surface area contributed by atoms with Crippen LogP contribution < -0.4 is 4.90 Å². The zero-order valence-corrected chi connectivity index (χ0v) is 11.9. The molecule has 0 atom stereocenters. The highest BCUT2D eigenvalue weighted by molar-refractivity contribution is 5.78. The molecule has 0 unspecified atom stereocenters. The molecule has 3 nitrogen and oxygen atoms in total. The lowest BCUT2D eigenvalue weighted by atomic mass is 10.1. The van der Waals surface area contributed by atoms with Crippen LogP contribution in [0.2, 0.25) is 0 Å². The molecule has 1 aromatic carbocycles.